The van der Waals surface area contributed by atoms with Crippen molar-refractivity contribution in [2.75, 3.05) is 6.54 Å². The molecule has 1 heterocycles. The summed E-state index contributed by atoms with van der Waals surface area (Å²) in [6.45, 7) is 0.688. The Balaban J connectivity index is 1.79. The van der Waals surface area contributed by atoms with Crippen molar-refractivity contribution in [3.8, 4) is 0 Å². The van der Waals surface area contributed by atoms with Crippen LogP contribution >= 0.6 is 11.6 Å². The van der Waals surface area contributed by atoms with Crippen molar-refractivity contribution < 1.29 is 4.79 Å². The predicted octanol–water partition coefficient (Wildman–Crippen LogP) is 2.97. The number of hydrogen-bond acceptors (Lipinski definition) is 2. The molecule has 0 spiro atoms. The molecular weight excluding hydrogens is 236 g/mol. The van der Waals surface area contributed by atoms with Crippen LogP contribution in [0.25, 0.3) is 0 Å². The van der Waals surface area contributed by atoms with Gasteiger partial charge < -0.3 is 5.32 Å². The normalized spacial score (nSPS) is 14.5. The third-order valence-electron chi connectivity index (χ3n) is 2.86. The quantitative estimate of drug-likeness (QED) is 0.659. The molecule has 3 nitrogen and oxygen atoms in total. The summed E-state index contributed by atoms with van der Waals surface area (Å²) in [5.74, 6) is -0.0900. The van der Waals surface area contributed by atoms with E-state index in [-0.39, 0.29) is 5.91 Å². The number of nitrogens with zero attached hydrogens (tertiary/aromatic N) is 1. The van der Waals surface area contributed by atoms with Crippen LogP contribution in [0.4, 0.5) is 0 Å². The zero-order valence-electron chi connectivity index (χ0n) is 9.58. The SMILES string of the molecule is O=C(NCCC1=CCCC1)c1ccc(Cl)nc1. The average molecular weight is 251 g/mol. The molecule has 1 aliphatic carbocycles. The summed E-state index contributed by atoms with van der Waals surface area (Å²) in [5, 5.41) is 3.28. The maximum absolute atomic E-state index is 11.7. The lowest BCUT2D eigenvalue weighted by atomic mass is 10.1. The Bertz CT molecular complexity index is 426. The first-order valence-electron chi connectivity index (χ1n) is 5.83. The lowest BCUT2D eigenvalue weighted by molar-refractivity contribution is 0.0954. The van der Waals surface area contributed by atoms with Gasteiger partial charge in [0.25, 0.3) is 5.91 Å². The molecule has 4 heteroatoms. The summed E-state index contributed by atoms with van der Waals surface area (Å²) in [4.78, 5) is 15.6. The van der Waals surface area contributed by atoms with Crippen LogP contribution in [-0.2, 0) is 0 Å². The molecular formula is C13H15ClN2O. The fraction of sp³-hybridized carbons (Fsp3) is 0.385. The summed E-state index contributed by atoms with van der Waals surface area (Å²) >= 11 is 5.66. The summed E-state index contributed by atoms with van der Waals surface area (Å²) in [5.41, 5.74) is 2.01. The number of carbonyl (C=O) groups is 1. The Morgan fingerprint density at radius 2 is 2.35 bits per heavy atom. The smallest absolute Gasteiger partial charge is 0.252 e. The molecule has 90 valence electrons. The molecule has 2 rings (SSSR count). The van der Waals surface area contributed by atoms with Gasteiger partial charge in [0.2, 0.25) is 0 Å². The van der Waals surface area contributed by atoms with E-state index in [4.69, 9.17) is 11.6 Å². The molecule has 0 bridgehead atoms. The first-order valence-corrected chi connectivity index (χ1v) is 6.21. The van der Waals surface area contributed by atoms with Gasteiger partial charge in [0.1, 0.15) is 5.15 Å². The van der Waals surface area contributed by atoms with E-state index >= 15 is 0 Å². The first kappa shape index (κ1) is 12.1. The van der Waals surface area contributed by atoms with Crippen molar-refractivity contribution in [2.45, 2.75) is 25.7 Å². The molecule has 0 saturated heterocycles. The van der Waals surface area contributed by atoms with Gasteiger partial charge in [0.15, 0.2) is 0 Å². The van der Waals surface area contributed by atoms with E-state index in [1.165, 1.54) is 31.0 Å². The van der Waals surface area contributed by atoms with Crippen molar-refractivity contribution in [2.24, 2.45) is 0 Å². The minimum absolute atomic E-state index is 0.0900. The highest BCUT2D eigenvalue weighted by molar-refractivity contribution is 6.29. The van der Waals surface area contributed by atoms with Crippen molar-refractivity contribution in [1.29, 1.82) is 0 Å². The molecule has 0 aliphatic heterocycles. The molecule has 17 heavy (non-hydrogen) atoms. The number of rotatable bonds is 4. The minimum atomic E-state index is -0.0900. The molecule has 1 aromatic heterocycles. The van der Waals surface area contributed by atoms with Crippen LogP contribution in [-0.4, -0.2) is 17.4 Å². The van der Waals surface area contributed by atoms with Crippen molar-refractivity contribution in [3.63, 3.8) is 0 Å². The van der Waals surface area contributed by atoms with Crippen LogP contribution in [0.15, 0.2) is 30.0 Å². The largest absolute Gasteiger partial charge is 0.352 e. The maximum Gasteiger partial charge on any atom is 0.252 e. The van der Waals surface area contributed by atoms with Crippen molar-refractivity contribution >= 4 is 17.5 Å². The Kier molecular flexibility index (Phi) is 4.15. The van der Waals surface area contributed by atoms with E-state index in [2.05, 4.69) is 16.4 Å². The topological polar surface area (TPSA) is 42.0 Å². The number of nitrogens with one attached hydrogen (secondary N) is 1. The Morgan fingerprint density at radius 3 is 3.00 bits per heavy atom. The zero-order valence-corrected chi connectivity index (χ0v) is 10.3. The van der Waals surface area contributed by atoms with Gasteiger partial charge in [0.05, 0.1) is 5.56 Å². The molecule has 1 aromatic rings. The molecule has 0 saturated carbocycles. The fourth-order valence-corrected chi connectivity index (χ4v) is 2.03. The molecule has 0 aromatic carbocycles. The maximum atomic E-state index is 11.7. The summed E-state index contributed by atoms with van der Waals surface area (Å²) < 4.78 is 0. The number of pyridine rings is 1. The van der Waals surface area contributed by atoms with Gasteiger partial charge in [-0.05, 0) is 37.8 Å². The van der Waals surface area contributed by atoms with Crippen molar-refractivity contribution in [3.05, 3.63) is 40.7 Å². The Hall–Kier alpha value is -1.35. The molecule has 0 atom stereocenters. The number of carbonyl (C=O) groups excluding carboxylic acids is 1. The standard InChI is InChI=1S/C13H15ClN2O/c14-12-6-5-11(9-16-12)13(17)15-8-7-10-3-1-2-4-10/h3,5-6,9H,1-2,4,7-8H2,(H,15,17). The lowest BCUT2D eigenvalue weighted by Gasteiger charge is -2.05. The van der Waals surface area contributed by atoms with Crippen LogP contribution in [0.5, 0.6) is 0 Å². The van der Waals surface area contributed by atoms with Crippen LogP contribution in [0.2, 0.25) is 5.15 Å². The number of amides is 1. The van der Waals surface area contributed by atoms with Gasteiger partial charge >= 0.3 is 0 Å². The number of hydrogen-bond donors (Lipinski definition) is 1. The van der Waals surface area contributed by atoms with E-state index < -0.39 is 0 Å². The first-order chi connectivity index (χ1) is 8.25. The van der Waals surface area contributed by atoms with E-state index in [0.717, 1.165) is 6.42 Å². The Morgan fingerprint density at radius 1 is 1.47 bits per heavy atom. The van der Waals surface area contributed by atoms with Crippen LogP contribution in [0, 0.1) is 0 Å². The molecule has 1 amide bonds. The summed E-state index contributed by atoms with van der Waals surface area (Å²) in [6.07, 6.45) is 8.34. The van der Waals surface area contributed by atoms with Gasteiger partial charge in [-0.3, -0.25) is 4.79 Å². The highest BCUT2D eigenvalue weighted by Crippen LogP contribution is 2.19. The van der Waals surface area contributed by atoms with Gasteiger partial charge in [-0.1, -0.05) is 23.3 Å². The highest BCUT2D eigenvalue weighted by atomic mass is 35.5. The van der Waals surface area contributed by atoms with Crippen LogP contribution < -0.4 is 5.32 Å². The monoisotopic (exact) mass is 250 g/mol. The fourth-order valence-electron chi connectivity index (χ4n) is 1.91. The van der Waals surface area contributed by atoms with Crippen LogP contribution in [0.1, 0.15) is 36.0 Å². The molecule has 1 N–H and O–H groups in total. The third kappa shape index (κ3) is 3.56. The molecule has 0 fully saturated rings. The van der Waals surface area contributed by atoms with Gasteiger partial charge in [0, 0.05) is 12.7 Å². The number of halogens is 1. The van der Waals surface area contributed by atoms with Gasteiger partial charge in [-0.15, -0.1) is 0 Å². The van der Waals surface area contributed by atoms with Crippen LogP contribution in [0.3, 0.4) is 0 Å². The second-order valence-corrected chi connectivity index (χ2v) is 4.52. The van der Waals surface area contributed by atoms with Crippen molar-refractivity contribution in [1.82, 2.24) is 10.3 Å². The highest BCUT2D eigenvalue weighted by Gasteiger charge is 2.07. The average Bonchev–Trinajstić information content (AvgIpc) is 2.83. The second-order valence-electron chi connectivity index (χ2n) is 4.13. The summed E-state index contributed by atoms with van der Waals surface area (Å²) in [7, 11) is 0. The van der Waals surface area contributed by atoms with Gasteiger partial charge in [-0.25, -0.2) is 4.98 Å². The van der Waals surface area contributed by atoms with E-state index in [1.54, 1.807) is 12.1 Å². The molecule has 0 unspecified atom stereocenters. The molecule has 0 radical (unpaired) electrons. The lowest BCUT2D eigenvalue weighted by Crippen LogP contribution is -2.24. The molecule has 1 aliphatic rings. The second kappa shape index (κ2) is 5.82. The number of aromatic nitrogens is 1. The van der Waals surface area contributed by atoms with E-state index in [1.807, 2.05) is 0 Å². The summed E-state index contributed by atoms with van der Waals surface area (Å²) in [6, 6.07) is 3.30. The Labute approximate surface area is 106 Å². The third-order valence-corrected chi connectivity index (χ3v) is 3.08. The van der Waals surface area contributed by atoms with Gasteiger partial charge in [-0.2, -0.15) is 0 Å². The van der Waals surface area contributed by atoms with E-state index in [9.17, 15) is 4.79 Å². The number of allylic oxidation sites excluding steroid dienone is 1. The zero-order chi connectivity index (χ0) is 12.1. The predicted molar refractivity (Wildman–Crippen MR) is 68.1 cm³/mol. The minimum Gasteiger partial charge on any atom is -0.352 e. The van der Waals surface area contributed by atoms with E-state index in [0.29, 0.717) is 17.3 Å².